The highest BCUT2D eigenvalue weighted by molar-refractivity contribution is 5.77. The smallest absolute Gasteiger partial charge is 0.415 e. The number of aliphatic carboxylic acids is 1. The van der Waals surface area contributed by atoms with Crippen molar-refractivity contribution in [3.05, 3.63) is 28.8 Å². The van der Waals surface area contributed by atoms with Crippen LogP contribution in [0.25, 0.3) is 0 Å². The molecule has 0 heterocycles. The number of nitrogens with zero attached hydrogens (tertiary/aromatic N) is 1. The molecule has 0 fully saturated rings. The minimum absolute atomic E-state index is 0.386. The molecule has 5 nitrogen and oxygen atoms in total. The molecular formula is C13H17NO4. The first-order valence-corrected chi connectivity index (χ1v) is 5.54. The number of rotatable bonds is 3. The van der Waals surface area contributed by atoms with E-state index in [1.807, 2.05) is 26.8 Å². The fourth-order valence-corrected chi connectivity index (χ4v) is 1.48. The molecule has 98 valence electrons. The van der Waals surface area contributed by atoms with E-state index in [0.717, 1.165) is 21.6 Å². The molecule has 0 radical (unpaired) electrons. The zero-order valence-electron chi connectivity index (χ0n) is 11.0. The Morgan fingerprint density at radius 1 is 1.17 bits per heavy atom. The van der Waals surface area contributed by atoms with Crippen molar-refractivity contribution >= 4 is 12.1 Å². The van der Waals surface area contributed by atoms with Gasteiger partial charge in [-0.05, 0) is 43.5 Å². The van der Waals surface area contributed by atoms with Gasteiger partial charge in [0.05, 0.1) is 0 Å². The largest absolute Gasteiger partial charge is 0.480 e. The molecule has 0 unspecified atom stereocenters. The Labute approximate surface area is 106 Å². The Bertz CT molecular complexity index is 482. The molecular weight excluding hydrogens is 234 g/mol. The van der Waals surface area contributed by atoms with Gasteiger partial charge in [-0.1, -0.05) is 6.07 Å². The Hall–Kier alpha value is -2.04. The van der Waals surface area contributed by atoms with Crippen LogP contribution in [0.15, 0.2) is 12.1 Å². The zero-order valence-corrected chi connectivity index (χ0v) is 11.0. The molecule has 0 atom stereocenters. The molecule has 1 aromatic rings. The fraction of sp³-hybridized carbons (Fsp3) is 0.385. The Kier molecular flexibility index (Phi) is 4.31. The summed E-state index contributed by atoms with van der Waals surface area (Å²) in [7, 11) is 1.38. The van der Waals surface area contributed by atoms with Crippen LogP contribution in [-0.4, -0.2) is 35.7 Å². The number of ether oxygens (including phenoxy) is 1. The number of carboxylic acid groups (broad SMARTS) is 1. The van der Waals surface area contributed by atoms with E-state index in [2.05, 4.69) is 0 Å². The highest BCUT2D eigenvalue weighted by Gasteiger charge is 2.15. The second-order valence-corrected chi connectivity index (χ2v) is 4.32. The van der Waals surface area contributed by atoms with E-state index >= 15 is 0 Å². The summed E-state index contributed by atoms with van der Waals surface area (Å²) in [6.07, 6.45) is -0.677. The van der Waals surface area contributed by atoms with Crippen LogP contribution in [0.4, 0.5) is 4.79 Å². The van der Waals surface area contributed by atoms with Crippen LogP contribution in [0, 0.1) is 20.8 Å². The number of hydrogen-bond donors (Lipinski definition) is 1. The summed E-state index contributed by atoms with van der Waals surface area (Å²) in [6.45, 7) is 5.35. The van der Waals surface area contributed by atoms with E-state index in [9.17, 15) is 9.59 Å². The third-order valence-corrected chi connectivity index (χ3v) is 2.67. The predicted octanol–water partition coefficient (Wildman–Crippen LogP) is 2.13. The van der Waals surface area contributed by atoms with Gasteiger partial charge < -0.3 is 9.84 Å². The molecule has 18 heavy (non-hydrogen) atoms. The topological polar surface area (TPSA) is 66.8 Å². The molecule has 0 saturated carbocycles. The maximum absolute atomic E-state index is 11.6. The first-order chi connectivity index (χ1) is 8.31. The van der Waals surface area contributed by atoms with Gasteiger partial charge in [0, 0.05) is 7.05 Å². The van der Waals surface area contributed by atoms with Crippen molar-refractivity contribution in [2.75, 3.05) is 13.6 Å². The summed E-state index contributed by atoms with van der Waals surface area (Å²) in [5, 5.41) is 8.58. The number of likely N-dealkylation sites (N-methyl/N-ethyl adjacent to an activating group) is 1. The van der Waals surface area contributed by atoms with Gasteiger partial charge in [0.15, 0.2) is 0 Å². The summed E-state index contributed by atoms with van der Waals surface area (Å²) < 4.78 is 5.17. The maximum Gasteiger partial charge on any atom is 0.415 e. The summed E-state index contributed by atoms with van der Waals surface area (Å²) >= 11 is 0. The van der Waals surface area contributed by atoms with Crippen molar-refractivity contribution in [3.63, 3.8) is 0 Å². The minimum atomic E-state index is -1.08. The van der Waals surface area contributed by atoms with Gasteiger partial charge in [-0.2, -0.15) is 0 Å². The van der Waals surface area contributed by atoms with Gasteiger partial charge in [-0.25, -0.2) is 4.79 Å². The van der Waals surface area contributed by atoms with Crippen LogP contribution in [0.5, 0.6) is 5.75 Å². The highest BCUT2D eigenvalue weighted by Crippen LogP contribution is 2.22. The van der Waals surface area contributed by atoms with Gasteiger partial charge in [-0.3, -0.25) is 9.69 Å². The van der Waals surface area contributed by atoms with Gasteiger partial charge in [0.25, 0.3) is 0 Å². The lowest BCUT2D eigenvalue weighted by Gasteiger charge is -2.16. The van der Waals surface area contributed by atoms with Gasteiger partial charge in [0.2, 0.25) is 0 Å². The molecule has 5 heteroatoms. The third kappa shape index (κ3) is 3.48. The number of carboxylic acids is 1. The maximum atomic E-state index is 11.6. The van der Waals surface area contributed by atoms with Crippen molar-refractivity contribution in [1.82, 2.24) is 4.90 Å². The Balaban J connectivity index is 2.82. The summed E-state index contributed by atoms with van der Waals surface area (Å²) in [5.41, 5.74) is 2.98. The van der Waals surface area contributed by atoms with Crippen LogP contribution in [0.1, 0.15) is 16.7 Å². The lowest BCUT2D eigenvalue weighted by molar-refractivity contribution is -0.137. The van der Waals surface area contributed by atoms with E-state index in [1.165, 1.54) is 7.05 Å². The van der Waals surface area contributed by atoms with E-state index in [-0.39, 0.29) is 6.54 Å². The predicted molar refractivity (Wildman–Crippen MR) is 66.9 cm³/mol. The molecule has 1 N–H and O–H groups in total. The second kappa shape index (κ2) is 5.53. The number of aryl methyl sites for hydroxylation is 3. The number of hydrogen-bond acceptors (Lipinski definition) is 3. The van der Waals surface area contributed by atoms with E-state index < -0.39 is 12.1 Å². The Morgan fingerprint density at radius 2 is 1.72 bits per heavy atom. The molecule has 0 aromatic heterocycles. The highest BCUT2D eigenvalue weighted by atomic mass is 16.6. The molecule has 0 aliphatic rings. The van der Waals surface area contributed by atoms with Crippen LogP contribution >= 0.6 is 0 Å². The van der Waals surface area contributed by atoms with Gasteiger partial charge >= 0.3 is 12.1 Å². The molecule has 1 rings (SSSR count). The number of benzene rings is 1. The first kappa shape index (κ1) is 14.0. The Morgan fingerprint density at radius 3 is 2.28 bits per heavy atom. The minimum Gasteiger partial charge on any atom is -0.480 e. The van der Waals surface area contributed by atoms with Crippen LogP contribution in [0.2, 0.25) is 0 Å². The van der Waals surface area contributed by atoms with Crippen LogP contribution < -0.4 is 4.74 Å². The van der Waals surface area contributed by atoms with Crippen molar-refractivity contribution in [3.8, 4) is 5.75 Å². The summed E-state index contributed by atoms with van der Waals surface area (Å²) in [6, 6.07) is 3.70. The monoisotopic (exact) mass is 251 g/mol. The fourth-order valence-electron chi connectivity index (χ4n) is 1.48. The average molecular weight is 251 g/mol. The number of carbonyl (C=O) groups is 2. The number of carbonyl (C=O) groups excluding carboxylic acids is 1. The van der Waals surface area contributed by atoms with Crippen LogP contribution in [0.3, 0.4) is 0 Å². The lowest BCUT2D eigenvalue weighted by atomic mass is 10.1. The van der Waals surface area contributed by atoms with E-state index in [4.69, 9.17) is 9.84 Å². The van der Waals surface area contributed by atoms with Crippen molar-refractivity contribution in [2.45, 2.75) is 20.8 Å². The van der Waals surface area contributed by atoms with Crippen molar-refractivity contribution < 1.29 is 19.4 Å². The van der Waals surface area contributed by atoms with E-state index in [0.29, 0.717) is 5.75 Å². The lowest BCUT2D eigenvalue weighted by Crippen LogP contribution is -2.34. The summed E-state index contributed by atoms with van der Waals surface area (Å²) in [4.78, 5) is 23.1. The molecule has 1 amide bonds. The molecule has 0 aliphatic heterocycles. The van der Waals surface area contributed by atoms with Crippen LogP contribution in [-0.2, 0) is 4.79 Å². The van der Waals surface area contributed by atoms with E-state index in [1.54, 1.807) is 6.07 Å². The van der Waals surface area contributed by atoms with Gasteiger partial charge in [-0.15, -0.1) is 0 Å². The SMILES string of the molecule is Cc1cc(C)c(OC(=O)N(C)CC(=O)O)cc1C. The molecule has 1 aromatic carbocycles. The summed E-state index contributed by atoms with van der Waals surface area (Å²) in [5.74, 6) is -0.619. The van der Waals surface area contributed by atoms with Crippen molar-refractivity contribution in [1.29, 1.82) is 0 Å². The standard InChI is InChI=1S/C13H17NO4/c1-8-5-10(3)11(6-9(8)2)18-13(17)14(4)7-12(15)16/h5-6H,7H2,1-4H3,(H,15,16). The molecule has 0 spiro atoms. The van der Waals surface area contributed by atoms with Crippen molar-refractivity contribution in [2.24, 2.45) is 0 Å². The molecule has 0 saturated heterocycles. The number of amides is 1. The average Bonchev–Trinajstić information content (AvgIpc) is 2.24. The zero-order chi connectivity index (χ0) is 13.9. The normalized spacial score (nSPS) is 10.0. The quantitative estimate of drug-likeness (QED) is 0.893. The molecule has 0 bridgehead atoms. The second-order valence-electron chi connectivity index (χ2n) is 4.32. The third-order valence-electron chi connectivity index (χ3n) is 2.67. The molecule has 0 aliphatic carbocycles. The van der Waals surface area contributed by atoms with Gasteiger partial charge in [0.1, 0.15) is 12.3 Å². The first-order valence-electron chi connectivity index (χ1n) is 5.54.